The molecule has 1 N–H and O–H groups in total. The van der Waals surface area contributed by atoms with E-state index in [4.69, 9.17) is 0 Å². The van der Waals surface area contributed by atoms with E-state index in [0.717, 1.165) is 13.1 Å². The average Bonchev–Trinajstić information content (AvgIpc) is 2.90. The van der Waals surface area contributed by atoms with E-state index in [1.807, 2.05) is 0 Å². The van der Waals surface area contributed by atoms with E-state index in [2.05, 4.69) is 31.0 Å². The average molecular weight is 224 g/mol. The molecule has 1 amide bonds. The normalized spacial score (nSPS) is 26.6. The maximum atomic E-state index is 11.7. The molecule has 0 radical (unpaired) electrons. The van der Waals surface area contributed by atoms with Crippen molar-refractivity contribution in [3.05, 3.63) is 0 Å². The molecule has 2 aliphatic rings. The summed E-state index contributed by atoms with van der Waals surface area (Å²) in [4.78, 5) is 13.8. The highest BCUT2D eigenvalue weighted by Crippen LogP contribution is 2.30. The summed E-state index contributed by atoms with van der Waals surface area (Å²) in [6, 6.07) is 0.984. The van der Waals surface area contributed by atoms with Gasteiger partial charge in [-0.05, 0) is 31.2 Å². The maximum absolute atomic E-state index is 11.7. The lowest BCUT2D eigenvalue weighted by Gasteiger charge is -2.20. The highest BCUT2D eigenvalue weighted by molar-refractivity contribution is 5.80. The molecule has 2 fully saturated rings. The third-order valence-corrected chi connectivity index (χ3v) is 3.45. The SMILES string of the molecule is CC(C)(C)CCN[C@@H]1CC(=O)N(C2CC2)C1. The lowest BCUT2D eigenvalue weighted by molar-refractivity contribution is -0.128. The van der Waals surface area contributed by atoms with Gasteiger partial charge in [0.25, 0.3) is 0 Å². The van der Waals surface area contributed by atoms with E-state index >= 15 is 0 Å². The van der Waals surface area contributed by atoms with Crippen molar-refractivity contribution in [2.24, 2.45) is 5.41 Å². The summed E-state index contributed by atoms with van der Waals surface area (Å²) in [5.41, 5.74) is 0.381. The first kappa shape index (κ1) is 11.9. The van der Waals surface area contributed by atoms with E-state index in [9.17, 15) is 4.79 Å². The van der Waals surface area contributed by atoms with Gasteiger partial charge < -0.3 is 10.2 Å². The van der Waals surface area contributed by atoms with Crippen LogP contribution in [0.15, 0.2) is 0 Å². The summed E-state index contributed by atoms with van der Waals surface area (Å²) in [6.45, 7) is 8.73. The zero-order chi connectivity index (χ0) is 11.8. The number of hydrogen-bond donors (Lipinski definition) is 1. The largest absolute Gasteiger partial charge is 0.338 e. The minimum atomic E-state index is 0.357. The number of likely N-dealkylation sites (tertiary alicyclic amines) is 1. The fourth-order valence-electron chi connectivity index (χ4n) is 2.26. The first-order chi connectivity index (χ1) is 7.46. The highest BCUT2D eigenvalue weighted by atomic mass is 16.2. The third kappa shape index (κ3) is 3.21. The minimum Gasteiger partial charge on any atom is -0.338 e. The summed E-state index contributed by atoms with van der Waals surface area (Å²) in [5, 5.41) is 3.52. The molecule has 0 spiro atoms. The van der Waals surface area contributed by atoms with E-state index in [1.165, 1.54) is 19.3 Å². The molecule has 0 aromatic rings. The Balaban J connectivity index is 1.70. The Bertz CT molecular complexity index is 266. The van der Waals surface area contributed by atoms with Gasteiger partial charge in [-0.25, -0.2) is 0 Å². The van der Waals surface area contributed by atoms with Gasteiger partial charge in [-0.2, -0.15) is 0 Å². The zero-order valence-corrected chi connectivity index (χ0v) is 10.8. The van der Waals surface area contributed by atoms with Gasteiger partial charge in [0.05, 0.1) is 0 Å². The molecule has 1 heterocycles. The van der Waals surface area contributed by atoms with E-state index in [0.29, 0.717) is 29.8 Å². The van der Waals surface area contributed by atoms with Crippen LogP contribution < -0.4 is 5.32 Å². The highest BCUT2D eigenvalue weighted by Gasteiger charge is 2.38. The summed E-state index contributed by atoms with van der Waals surface area (Å²) in [5.74, 6) is 0.357. The summed E-state index contributed by atoms with van der Waals surface area (Å²) >= 11 is 0. The summed E-state index contributed by atoms with van der Waals surface area (Å²) in [6.07, 6.45) is 4.32. The molecule has 0 aromatic heterocycles. The van der Waals surface area contributed by atoms with Crippen LogP contribution in [0.1, 0.15) is 46.5 Å². The fourth-order valence-corrected chi connectivity index (χ4v) is 2.26. The van der Waals surface area contributed by atoms with E-state index in [1.54, 1.807) is 0 Å². The maximum Gasteiger partial charge on any atom is 0.224 e. The first-order valence-corrected chi connectivity index (χ1v) is 6.48. The molecule has 1 saturated heterocycles. The van der Waals surface area contributed by atoms with Gasteiger partial charge in [-0.3, -0.25) is 4.79 Å². The van der Waals surface area contributed by atoms with Crippen LogP contribution in [0.4, 0.5) is 0 Å². The lowest BCUT2D eigenvalue weighted by Crippen LogP contribution is -2.35. The number of carbonyl (C=O) groups is 1. The van der Waals surface area contributed by atoms with Crippen molar-refractivity contribution in [3.63, 3.8) is 0 Å². The Labute approximate surface area is 98.6 Å². The molecule has 0 unspecified atom stereocenters. The third-order valence-electron chi connectivity index (χ3n) is 3.45. The predicted molar refractivity (Wildman–Crippen MR) is 65.2 cm³/mol. The van der Waals surface area contributed by atoms with Gasteiger partial charge in [0.15, 0.2) is 0 Å². The van der Waals surface area contributed by atoms with Gasteiger partial charge in [0, 0.05) is 25.0 Å². The van der Waals surface area contributed by atoms with Crippen LogP contribution in [-0.4, -0.2) is 36.0 Å². The molecule has 1 aliphatic heterocycles. The molecule has 0 bridgehead atoms. The number of carbonyl (C=O) groups excluding carboxylic acids is 1. The summed E-state index contributed by atoms with van der Waals surface area (Å²) < 4.78 is 0. The second-order valence-corrected chi connectivity index (χ2v) is 6.44. The molecular weight excluding hydrogens is 200 g/mol. The minimum absolute atomic E-state index is 0.357. The Morgan fingerprint density at radius 2 is 2.06 bits per heavy atom. The van der Waals surface area contributed by atoms with Crippen molar-refractivity contribution in [1.29, 1.82) is 0 Å². The molecule has 92 valence electrons. The monoisotopic (exact) mass is 224 g/mol. The molecule has 3 nitrogen and oxygen atoms in total. The topological polar surface area (TPSA) is 32.3 Å². The van der Waals surface area contributed by atoms with Gasteiger partial charge in [0.2, 0.25) is 5.91 Å². The van der Waals surface area contributed by atoms with Crippen molar-refractivity contribution in [2.75, 3.05) is 13.1 Å². The van der Waals surface area contributed by atoms with Crippen LogP contribution in [0.2, 0.25) is 0 Å². The first-order valence-electron chi connectivity index (χ1n) is 6.48. The van der Waals surface area contributed by atoms with Crippen molar-refractivity contribution < 1.29 is 4.79 Å². The Kier molecular flexibility index (Phi) is 3.24. The number of rotatable bonds is 4. The van der Waals surface area contributed by atoms with Crippen LogP contribution in [0.25, 0.3) is 0 Å². The predicted octanol–water partition coefficient (Wildman–Crippen LogP) is 1.78. The Morgan fingerprint density at radius 1 is 1.38 bits per heavy atom. The number of nitrogens with one attached hydrogen (secondary N) is 1. The molecule has 1 saturated carbocycles. The standard InChI is InChI=1S/C13H24N2O/c1-13(2,3)6-7-14-10-8-12(16)15(9-10)11-4-5-11/h10-11,14H,4-9H2,1-3H3/t10-/m1/s1. The molecule has 0 aromatic carbocycles. The quantitative estimate of drug-likeness (QED) is 0.789. The Morgan fingerprint density at radius 3 is 2.62 bits per heavy atom. The van der Waals surface area contributed by atoms with Crippen molar-refractivity contribution in [2.45, 2.75) is 58.5 Å². The second-order valence-electron chi connectivity index (χ2n) is 6.44. The van der Waals surface area contributed by atoms with Crippen LogP contribution in [0.5, 0.6) is 0 Å². The Hall–Kier alpha value is -0.570. The molecule has 1 atom stereocenters. The lowest BCUT2D eigenvalue weighted by atomic mass is 9.92. The van der Waals surface area contributed by atoms with Crippen LogP contribution in [-0.2, 0) is 4.79 Å². The molecular formula is C13H24N2O. The van der Waals surface area contributed by atoms with Crippen molar-refractivity contribution in [1.82, 2.24) is 10.2 Å². The van der Waals surface area contributed by atoms with Crippen molar-refractivity contribution >= 4 is 5.91 Å². The van der Waals surface area contributed by atoms with E-state index < -0.39 is 0 Å². The second kappa shape index (κ2) is 4.36. The molecule has 16 heavy (non-hydrogen) atoms. The molecule has 3 heteroatoms. The van der Waals surface area contributed by atoms with Gasteiger partial charge >= 0.3 is 0 Å². The van der Waals surface area contributed by atoms with E-state index in [-0.39, 0.29) is 0 Å². The van der Waals surface area contributed by atoms with Crippen LogP contribution in [0.3, 0.4) is 0 Å². The van der Waals surface area contributed by atoms with Gasteiger partial charge in [0.1, 0.15) is 0 Å². The summed E-state index contributed by atoms with van der Waals surface area (Å²) in [7, 11) is 0. The number of amides is 1. The zero-order valence-electron chi connectivity index (χ0n) is 10.8. The number of nitrogens with zero attached hydrogens (tertiary/aromatic N) is 1. The molecule has 1 aliphatic carbocycles. The molecule has 2 rings (SSSR count). The fraction of sp³-hybridized carbons (Fsp3) is 0.923. The van der Waals surface area contributed by atoms with Crippen LogP contribution >= 0.6 is 0 Å². The smallest absolute Gasteiger partial charge is 0.224 e. The van der Waals surface area contributed by atoms with Crippen molar-refractivity contribution in [3.8, 4) is 0 Å². The number of hydrogen-bond acceptors (Lipinski definition) is 2. The van der Waals surface area contributed by atoms with Gasteiger partial charge in [-0.1, -0.05) is 20.8 Å². The van der Waals surface area contributed by atoms with Gasteiger partial charge in [-0.15, -0.1) is 0 Å². The van der Waals surface area contributed by atoms with Crippen LogP contribution in [0, 0.1) is 5.41 Å².